The van der Waals surface area contributed by atoms with Crippen LogP contribution >= 0.6 is 0 Å². The molecule has 1 heterocycles. The van der Waals surface area contributed by atoms with E-state index >= 15 is 0 Å². The van der Waals surface area contributed by atoms with Gasteiger partial charge in [0.1, 0.15) is 0 Å². The second-order valence-corrected chi connectivity index (χ2v) is 5.18. The van der Waals surface area contributed by atoms with Gasteiger partial charge in [0.05, 0.1) is 11.6 Å². The van der Waals surface area contributed by atoms with Crippen LogP contribution in [0.15, 0.2) is 34.9 Å². The molecule has 1 fully saturated rings. The quantitative estimate of drug-likeness (QED) is 0.877. The van der Waals surface area contributed by atoms with Gasteiger partial charge in [-0.1, -0.05) is 23.4 Å². The Kier molecular flexibility index (Phi) is 3.02. The molecule has 0 saturated heterocycles. The molecule has 0 bridgehead atoms. The number of nitrogens with zero attached hydrogens (tertiary/aromatic N) is 2. The Morgan fingerprint density at radius 3 is 2.75 bits per heavy atom. The summed E-state index contributed by atoms with van der Waals surface area (Å²) >= 11 is 0. The highest BCUT2D eigenvalue weighted by molar-refractivity contribution is 5.89. The van der Waals surface area contributed by atoms with Crippen LogP contribution < -0.4 is 11.1 Å². The largest absolute Gasteiger partial charge is 0.345 e. The van der Waals surface area contributed by atoms with Crippen LogP contribution in [-0.4, -0.2) is 21.6 Å². The number of carbonyl (C=O) groups is 1. The van der Waals surface area contributed by atoms with E-state index in [2.05, 4.69) is 15.5 Å². The lowest BCUT2D eigenvalue weighted by molar-refractivity contribution is -0.123. The van der Waals surface area contributed by atoms with Gasteiger partial charge in [-0.2, -0.15) is 4.98 Å². The van der Waals surface area contributed by atoms with Crippen LogP contribution in [0.1, 0.15) is 31.6 Å². The fraction of sp³-hybridized carbons (Fsp3) is 0.357. The van der Waals surface area contributed by atoms with Gasteiger partial charge in [0.15, 0.2) is 5.82 Å². The van der Waals surface area contributed by atoms with E-state index in [9.17, 15) is 4.79 Å². The molecule has 20 heavy (non-hydrogen) atoms. The molecule has 1 saturated carbocycles. The van der Waals surface area contributed by atoms with Crippen LogP contribution in [0.4, 0.5) is 0 Å². The molecule has 1 amide bonds. The predicted molar refractivity (Wildman–Crippen MR) is 72.4 cm³/mol. The Bertz CT molecular complexity index is 619. The zero-order valence-electron chi connectivity index (χ0n) is 11.2. The van der Waals surface area contributed by atoms with Gasteiger partial charge < -0.3 is 15.6 Å². The highest BCUT2D eigenvalue weighted by Crippen LogP contribution is 2.32. The second-order valence-electron chi connectivity index (χ2n) is 5.18. The van der Waals surface area contributed by atoms with Crippen molar-refractivity contribution in [2.75, 3.05) is 0 Å². The highest BCUT2D eigenvalue weighted by Gasteiger charge is 2.46. The Morgan fingerprint density at radius 1 is 1.40 bits per heavy atom. The monoisotopic (exact) mass is 272 g/mol. The van der Waals surface area contributed by atoms with Crippen LogP contribution in [0.25, 0.3) is 11.5 Å². The van der Waals surface area contributed by atoms with Crippen LogP contribution in [0, 0.1) is 0 Å². The number of amides is 1. The maximum absolute atomic E-state index is 11.9. The minimum Gasteiger partial charge on any atom is -0.345 e. The first-order valence-electron chi connectivity index (χ1n) is 6.57. The number of rotatable bonds is 4. The Morgan fingerprint density at radius 2 is 2.10 bits per heavy atom. The first kappa shape index (κ1) is 12.8. The maximum atomic E-state index is 11.9. The lowest BCUT2D eigenvalue weighted by Crippen LogP contribution is -2.43. The summed E-state index contributed by atoms with van der Waals surface area (Å²) in [5.74, 6) is 0.730. The molecule has 1 unspecified atom stereocenters. The molecule has 0 aliphatic heterocycles. The van der Waals surface area contributed by atoms with Gasteiger partial charge in [-0.25, -0.2) is 0 Å². The predicted octanol–water partition coefficient (Wildman–Crippen LogP) is 1.41. The SMILES string of the molecule is CC(NC(=O)C1(N)CC1)c1noc(-c2ccccc2)n1. The van der Waals surface area contributed by atoms with E-state index in [0.717, 1.165) is 18.4 Å². The molecule has 3 rings (SSSR count). The summed E-state index contributed by atoms with van der Waals surface area (Å²) in [4.78, 5) is 16.2. The van der Waals surface area contributed by atoms with Gasteiger partial charge >= 0.3 is 0 Å². The molecular weight excluding hydrogens is 256 g/mol. The summed E-state index contributed by atoms with van der Waals surface area (Å²) in [5.41, 5.74) is 5.99. The summed E-state index contributed by atoms with van der Waals surface area (Å²) in [7, 11) is 0. The van der Waals surface area contributed by atoms with E-state index in [1.807, 2.05) is 37.3 Å². The summed E-state index contributed by atoms with van der Waals surface area (Å²) in [6.45, 7) is 1.81. The average molecular weight is 272 g/mol. The van der Waals surface area contributed by atoms with Crippen LogP contribution in [0.5, 0.6) is 0 Å². The summed E-state index contributed by atoms with van der Waals surface area (Å²) in [6.07, 6.45) is 1.46. The zero-order valence-corrected chi connectivity index (χ0v) is 11.2. The van der Waals surface area contributed by atoms with Gasteiger partial charge in [0.25, 0.3) is 5.89 Å². The molecule has 1 aliphatic rings. The Labute approximate surface area is 116 Å². The zero-order chi connectivity index (χ0) is 14.2. The van der Waals surface area contributed by atoms with Crippen LogP contribution in [0.2, 0.25) is 0 Å². The van der Waals surface area contributed by atoms with E-state index in [1.165, 1.54) is 0 Å². The van der Waals surface area contributed by atoms with Gasteiger partial charge in [-0.3, -0.25) is 4.79 Å². The van der Waals surface area contributed by atoms with Crippen molar-refractivity contribution in [3.8, 4) is 11.5 Å². The van der Waals surface area contributed by atoms with Crippen molar-refractivity contribution in [2.24, 2.45) is 5.73 Å². The van der Waals surface area contributed by atoms with Crippen molar-refractivity contribution in [3.05, 3.63) is 36.2 Å². The third kappa shape index (κ3) is 2.42. The highest BCUT2D eigenvalue weighted by atomic mass is 16.5. The van der Waals surface area contributed by atoms with Crippen molar-refractivity contribution in [1.82, 2.24) is 15.5 Å². The number of nitrogens with one attached hydrogen (secondary N) is 1. The topological polar surface area (TPSA) is 94.0 Å². The molecule has 0 radical (unpaired) electrons. The first-order chi connectivity index (χ1) is 9.58. The maximum Gasteiger partial charge on any atom is 0.257 e. The first-order valence-corrected chi connectivity index (χ1v) is 6.57. The van der Waals surface area contributed by atoms with Gasteiger partial charge in [-0.15, -0.1) is 0 Å². The minimum atomic E-state index is -0.694. The molecule has 1 aromatic heterocycles. The number of nitrogens with two attached hydrogens (primary N) is 1. The third-order valence-corrected chi connectivity index (χ3v) is 3.44. The van der Waals surface area contributed by atoms with Crippen LogP contribution in [0.3, 0.4) is 0 Å². The molecule has 104 valence electrons. The van der Waals surface area contributed by atoms with Crippen molar-refractivity contribution >= 4 is 5.91 Å². The summed E-state index contributed by atoms with van der Waals surface area (Å²) in [6, 6.07) is 9.16. The lowest BCUT2D eigenvalue weighted by Gasteiger charge is -2.13. The van der Waals surface area contributed by atoms with Crippen molar-refractivity contribution < 1.29 is 9.32 Å². The normalized spacial score (nSPS) is 17.5. The minimum absolute atomic E-state index is 0.156. The molecule has 3 N–H and O–H groups in total. The smallest absolute Gasteiger partial charge is 0.257 e. The molecule has 6 heteroatoms. The molecule has 1 aromatic carbocycles. The number of carbonyl (C=O) groups excluding carboxylic acids is 1. The van der Waals surface area contributed by atoms with E-state index < -0.39 is 5.54 Å². The third-order valence-electron chi connectivity index (χ3n) is 3.44. The summed E-state index contributed by atoms with van der Waals surface area (Å²) < 4.78 is 5.21. The number of hydrogen-bond donors (Lipinski definition) is 2. The van der Waals surface area contributed by atoms with E-state index in [-0.39, 0.29) is 11.9 Å². The Hall–Kier alpha value is -2.21. The number of aromatic nitrogens is 2. The van der Waals surface area contributed by atoms with Crippen LogP contribution in [-0.2, 0) is 4.79 Å². The molecule has 0 spiro atoms. The van der Waals surface area contributed by atoms with E-state index in [1.54, 1.807) is 0 Å². The number of hydrogen-bond acceptors (Lipinski definition) is 5. The molecule has 2 aromatic rings. The van der Waals surface area contributed by atoms with Gasteiger partial charge in [-0.05, 0) is 31.9 Å². The molecule has 1 atom stereocenters. The molecule has 1 aliphatic carbocycles. The van der Waals surface area contributed by atoms with Gasteiger partial charge in [0, 0.05) is 5.56 Å². The standard InChI is InChI=1S/C14H16N4O2/c1-9(16-13(19)14(15)7-8-14)11-17-12(20-18-11)10-5-3-2-4-6-10/h2-6,9H,7-8,15H2,1H3,(H,16,19). The number of benzene rings is 1. The van der Waals surface area contributed by atoms with Crippen molar-refractivity contribution in [1.29, 1.82) is 0 Å². The van der Waals surface area contributed by atoms with E-state index in [4.69, 9.17) is 10.3 Å². The lowest BCUT2D eigenvalue weighted by atomic mass is 10.2. The Balaban J connectivity index is 1.72. The second kappa shape index (κ2) is 4.72. The van der Waals surface area contributed by atoms with Gasteiger partial charge in [0.2, 0.25) is 5.91 Å². The fourth-order valence-electron chi connectivity index (χ4n) is 1.88. The van der Waals surface area contributed by atoms with Crippen molar-refractivity contribution in [3.63, 3.8) is 0 Å². The molecular formula is C14H16N4O2. The average Bonchev–Trinajstić information content (AvgIpc) is 3.04. The molecule has 6 nitrogen and oxygen atoms in total. The van der Waals surface area contributed by atoms with Crippen molar-refractivity contribution in [2.45, 2.75) is 31.3 Å². The summed E-state index contributed by atoms with van der Waals surface area (Å²) in [5, 5.41) is 6.72. The van der Waals surface area contributed by atoms with E-state index in [0.29, 0.717) is 11.7 Å². The fourth-order valence-corrected chi connectivity index (χ4v) is 1.88.